The summed E-state index contributed by atoms with van der Waals surface area (Å²) < 4.78 is 15.2. The zero-order valence-corrected chi connectivity index (χ0v) is 11.4. The van der Waals surface area contributed by atoms with E-state index in [9.17, 15) is 9.50 Å². The van der Waals surface area contributed by atoms with Gasteiger partial charge in [0, 0.05) is 6.20 Å². The zero-order chi connectivity index (χ0) is 14.8. The van der Waals surface area contributed by atoms with E-state index in [4.69, 9.17) is 0 Å². The molecule has 0 aliphatic heterocycles. The summed E-state index contributed by atoms with van der Waals surface area (Å²) in [5, 5.41) is 17.4. The molecule has 21 heavy (non-hydrogen) atoms. The summed E-state index contributed by atoms with van der Waals surface area (Å²) in [7, 11) is 0. The SMILES string of the molecule is Cc1ccc(-n2nnc(CO)c2-c2ccccn2)cc1F. The second-order valence-corrected chi connectivity index (χ2v) is 4.60. The molecule has 2 heterocycles. The molecule has 0 saturated heterocycles. The number of benzene rings is 1. The maximum absolute atomic E-state index is 13.8. The molecule has 106 valence electrons. The van der Waals surface area contributed by atoms with Crippen LogP contribution in [0.3, 0.4) is 0 Å². The molecule has 5 nitrogen and oxygen atoms in total. The van der Waals surface area contributed by atoms with E-state index in [-0.39, 0.29) is 12.4 Å². The summed E-state index contributed by atoms with van der Waals surface area (Å²) >= 11 is 0. The normalized spacial score (nSPS) is 10.8. The molecular weight excluding hydrogens is 271 g/mol. The van der Waals surface area contributed by atoms with E-state index < -0.39 is 0 Å². The maximum atomic E-state index is 13.8. The second kappa shape index (κ2) is 5.41. The molecule has 0 amide bonds. The van der Waals surface area contributed by atoms with E-state index in [2.05, 4.69) is 15.3 Å². The Morgan fingerprint density at radius 1 is 1.24 bits per heavy atom. The smallest absolute Gasteiger partial charge is 0.128 e. The molecule has 0 saturated carbocycles. The molecule has 0 atom stereocenters. The molecule has 0 unspecified atom stereocenters. The van der Waals surface area contributed by atoms with Crippen LogP contribution in [0.4, 0.5) is 4.39 Å². The highest BCUT2D eigenvalue weighted by atomic mass is 19.1. The molecular formula is C15H13FN4O. The molecule has 1 N–H and O–H groups in total. The molecule has 0 aliphatic carbocycles. The number of aryl methyl sites for hydroxylation is 1. The summed E-state index contributed by atoms with van der Waals surface area (Å²) in [4.78, 5) is 4.25. The zero-order valence-electron chi connectivity index (χ0n) is 11.4. The molecule has 1 aromatic carbocycles. The Balaban J connectivity index is 2.20. The topological polar surface area (TPSA) is 63.8 Å². The number of hydrogen-bond acceptors (Lipinski definition) is 4. The molecule has 3 aromatic rings. The van der Waals surface area contributed by atoms with Crippen LogP contribution in [0.15, 0.2) is 42.6 Å². The van der Waals surface area contributed by atoms with Gasteiger partial charge >= 0.3 is 0 Å². The molecule has 0 aliphatic rings. The van der Waals surface area contributed by atoms with Gasteiger partial charge in [0.25, 0.3) is 0 Å². The Labute approximate surface area is 120 Å². The van der Waals surface area contributed by atoms with Crippen molar-refractivity contribution in [2.45, 2.75) is 13.5 Å². The van der Waals surface area contributed by atoms with E-state index in [1.807, 2.05) is 6.07 Å². The predicted molar refractivity (Wildman–Crippen MR) is 75.2 cm³/mol. The molecule has 0 bridgehead atoms. The van der Waals surface area contributed by atoms with Crippen molar-refractivity contribution in [3.05, 3.63) is 59.7 Å². The van der Waals surface area contributed by atoms with Crippen molar-refractivity contribution in [1.29, 1.82) is 0 Å². The third-order valence-electron chi connectivity index (χ3n) is 3.20. The van der Waals surface area contributed by atoms with Crippen LogP contribution in [0.1, 0.15) is 11.3 Å². The van der Waals surface area contributed by atoms with Crippen LogP contribution in [0.5, 0.6) is 0 Å². The first-order chi connectivity index (χ1) is 10.2. The number of aliphatic hydroxyl groups is 1. The van der Waals surface area contributed by atoms with Gasteiger partial charge in [0.15, 0.2) is 0 Å². The van der Waals surface area contributed by atoms with E-state index in [0.717, 1.165) is 0 Å². The van der Waals surface area contributed by atoms with Gasteiger partial charge in [-0.2, -0.15) is 0 Å². The number of aromatic nitrogens is 4. The van der Waals surface area contributed by atoms with Gasteiger partial charge in [0.1, 0.15) is 17.2 Å². The van der Waals surface area contributed by atoms with Crippen LogP contribution in [0, 0.1) is 12.7 Å². The average molecular weight is 284 g/mol. The monoisotopic (exact) mass is 284 g/mol. The summed E-state index contributed by atoms with van der Waals surface area (Å²) in [6.07, 6.45) is 1.64. The number of rotatable bonds is 3. The number of aliphatic hydroxyl groups excluding tert-OH is 1. The van der Waals surface area contributed by atoms with Crippen LogP contribution < -0.4 is 0 Å². The second-order valence-electron chi connectivity index (χ2n) is 4.60. The third kappa shape index (κ3) is 2.41. The largest absolute Gasteiger partial charge is 0.390 e. The van der Waals surface area contributed by atoms with Crippen molar-refractivity contribution in [3.8, 4) is 17.1 Å². The van der Waals surface area contributed by atoms with Gasteiger partial charge in [0.05, 0.1) is 18.0 Å². The van der Waals surface area contributed by atoms with Crippen molar-refractivity contribution in [3.63, 3.8) is 0 Å². The van der Waals surface area contributed by atoms with E-state index in [1.54, 1.807) is 37.4 Å². The highest BCUT2D eigenvalue weighted by molar-refractivity contribution is 5.60. The Kier molecular flexibility index (Phi) is 3.45. The minimum atomic E-state index is -0.319. The first kappa shape index (κ1) is 13.4. The summed E-state index contributed by atoms with van der Waals surface area (Å²) in [6, 6.07) is 10.2. The fourth-order valence-corrected chi connectivity index (χ4v) is 2.07. The fraction of sp³-hybridized carbons (Fsp3) is 0.133. The Hall–Kier alpha value is -2.60. The summed E-state index contributed by atoms with van der Waals surface area (Å²) in [5.74, 6) is -0.319. The Morgan fingerprint density at radius 2 is 2.10 bits per heavy atom. The first-order valence-electron chi connectivity index (χ1n) is 6.44. The lowest BCUT2D eigenvalue weighted by Gasteiger charge is -2.08. The molecule has 6 heteroatoms. The van der Waals surface area contributed by atoms with Gasteiger partial charge < -0.3 is 5.11 Å². The predicted octanol–water partition coefficient (Wildman–Crippen LogP) is 2.27. The van der Waals surface area contributed by atoms with E-state index in [0.29, 0.717) is 28.3 Å². The Bertz CT molecular complexity index is 771. The number of halogens is 1. The van der Waals surface area contributed by atoms with Crippen LogP contribution in [0.25, 0.3) is 17.1 Å². The molecule has 2 aromatic heterocycles. The number of nitrogens with zero attached hydrogens (tertiary/aromatic N) is 4. The van der Waals surface area contributed by atoms with Crippen molar-refractivity contribution in [2.24, 2.45) is 0 Å². The Morgan fingerprint density at radius 3 is 2.76 bits per heavy atom. The van der Waals surface area contributed by atoms with Gasteiger partial charge in [-0.3, -0.25) is 4.98 Å². The minimum absolute atomic E-state index is 0.264. The van der Waals surface area contributed by atoms with Gasteiger partial charge in [0.2, 0.25) is 0 Å². The molecule has 3 rings (SSSR count). The van der Waals surface area contributed by atoms with Gasteiger partial charge in [-0.25, -0.2) is 9.07 Å². The lowest BCUT2D eigenvalue weighted by molar-refractivity contribution is 0.277. The van der Waals surface area contributed by atoms with Crippen molar-refractivity contribution in [2.75, 3.05) is 0 Å². The standard InChI is InChI=1S/C15H13FN4O/c1-10-5-6-11(8-12(10)16)20-15(14(9-21)18-19-20)13-4-2-3-7-17-13/h2-8,21H,9H2,1H3. The number of pyridine rings is 1. The van der Waals surface area contributed by atoms with Crippen LogP contribution in [-0.2, 0) is 6.61 Å². The molecule has 0 spiro atoms. The van der Waals surface area contributed by atoms with Crippen LogP contribution in [-0.4, -0.2) is 25.1 Å². The molecule has 0 fully saturated rings. The van der Waals surface area contributed by atoms with Crippen LogP contribution in [0.2, 0.25) is 0 Å². The van der Waals surface area contributed by atoms with E-state index >= 15 is 0 Å². The first-order valence-corrected chi connectivity index (χ1v) is 6.44. The quantitative estimate of drug-likeness (QED) is 0.801. The van der Waals surface area contributed by atoms with Crippen molar-refractivity contribution in [1.82, 2.24) is 20.0 Å². The highest BCUT2D eigenvalue weighted by Gasteiger charge is 2.17. The summed E-state index contributed by atoms with van der Waals surface area (Å²) in [6.45, 7) is 1.43. The lowest BCUT2D eigenvalue weighted by Crippen LogP contribution is -2.02. The van der Waals surface area contributed by atoms with Gasteiger partial charge in [-0.15, -0.1) is 5.10 Å². The minimum Gasteiger partial charge on any atom is -0.390 e. The fourth-order valence-electron chi connectivity index (χ4n) is 2.07. The lowest BCUT2D eigenvalue weighted by atomic mass is 10.2. The van der Waals surface area contributed by atoms with Crippen LogP contribution >= 0.6 is 0 Å². The molecule has 0 radical (unpaired) electrons. The van der Waals surface area contributed by atoms with Gasteiger partial charge in [-0.05, 0) is 36.8 Å². The number of hydrogen-bond donors (Lipinski definition) is 1. The van der Waals surface area contributed by atoms with Crippen molar-refractivity contribution >= 4 is 0 Å². The highest BCUT2D eigenvalue weighted by Crippen LogP contribution is 2.24. The summed E-state index contributed by atoms with van der Waals surface area (Å²) in [5.41, 5.74) is 2.66. The average Bonchev–Trinajstić information content (AvgIpc) is 2.95. The third-order valence-corrected chi connectivity index (χ3v) is 3.20. The maximum Gasteiger partial charge on any atom is 0.128 e. The van der Waals surface area contributed by atoms with Crippen molar-refractivity contribution < 1.29 is 9.50 Å². The van der Waals surface area contributed by atoms with Gasteiger partial charge in [-0.1, -0.05) is 17.3 Å². The van der Waals surface area contributed by atoms with E-state index in [1.165, 1.54) is 10.7 Å².